The maximum Gasteiger partial charge on any atom is 0.335 e. The third kappa shape index (κ3) is 3.44. The summed E-state index contributed by atoms with van der Waals surface area (Å²) in [5.74, 6) is 0.738. The standard InChI is InChI=1S/C15H18N2O2/c1-11(2)9-14-16-7-8-17(14)10-12-3-5-13(6-4-12)15(18)19/h3-8,11H,9-10H2,1-2H3,(H,18,19). The molecule has 0 saturated heterocycles. The zero-order valence-electron chi connectivity index (χ0n) is 11.2. The van der Waals surface area contributed by atoms with Crippen molar-refractivity contribution in [3.8, 4) is 0 Å². The van der Waals surface area contributed by atoms with E-state index in [-0.39, 0.29) is 0 Å². The number of rotatable bonds is 5. The highest BCUT2D eigenvalue weighted by Gasteiger charge is 2.07. The van der Waals surface area contributed by atoms with Gasteiger partial charge in [-0.15, -0.1) is 0 Å². The summed E-state index contributed by atoms with van der Waals surface area (Å²) >= 11 is 0. The molecular weight excluding hydrogens is 240 g/mol. The molecule has 1 aromatic heterocycles. The van der Waals surface area contributed by atoms with E-state index in [2.05, 4.69) is 23.4 Å². The van der Waals surface area contributed by atoms with Gasteiger partial charge in [0.25, 0.3) is 0 Å². The minimum atomic E-state index is -0.894. The van der Waals surface area contributed by atoms with Crippen molar-refractivity contribution in [2.45, 2.75) is 26.8 Å². The number of carbonyl (C=O) groups is 1. The van der Waals surface area contributed by atoms with E-state index in [0.29, 0.717) is 11.5 Å². The number of benzene rings is 1. The van der Waals surface area contributed by atoms with Gasteiger partial charge in [-0.1, -0.05) is 26.0 Å². The second-order valence-electron chi connectivity index (χ2n) is 5.07. The second-order valence-corrected chi connectivity index (χ2v) is 5.07. The normalized spacial score (nSPS) is 10.9. The largest absolute Gasteiger partial charge is 0.478 e. The van der Waals surface area contributed by atoms with Gasteiger partial charge in [-0.05, 0) is 23.6 Å². The summed E-state index contributed by atoms with van der Waals surface area (Å²) in [5.41, 5.74) is 1.39. The lowest BCUT2D eigenvalue weighted by Gasteiger charge is -2.10. The quantitative estimate of drug-likeness (QED) is 0.897. The summed E-state index contributed by atoms with van der Waals surface area (Å²) in [6.45, 7) is 5.06. The Balaban J connectivity index is 2.12. The van der Waals surface area contributed by atoms with Crippen molar-refractivity contribution >= 4 is 5.97 Å². The fraction of sp³-hybridized carbons (Fsp3) is 0.333. The van der Waals surface area contributed by atoms with Gasteiger partial charge in [0.05, 0.1) is 5.56 Å². The number of imidazole rings is 1. The van der Waals surface area contributed by atoms with Crippen LogP contribution in [0.25, 0.3) is 0 Å². The molecule has 4 nitrogen and oxygen atoms in total. The molecule has 1 heterocycles. The topological polar surface area (TPSA) is 55.1 Å². The first kappa shape index (κ1) is 13.3. The third-order valence-corrected chi connectivity index (χ3v) is 2.95. The number of carboxylic acid groups (broad SMARTS) is 1. The molecule has 0 spiro atoms. The molecular formula is C15H18N2O2. The summed E-state index contributed by atoms with van der Waals surface area (Å²) in [7, 11) is 0. The van der Waals surface area contributed by atoms with Gasteiger partial charge >= 0.3 is 5.97 Å². The van der Waals surface area contributed by atoms with E-state index in [9.17, 15) is 4.79 Å². The van der Waals surface area contributed by atoms with Crippen molar-refractivity contribution in [3.63, 3.8) is 0 Å². The van der Waals surface area contributed by atoms with Crippen molar-refractivity contribution in [1.29, 1.82) is 0 Å². The van der Waals surface area contributed by atoms with Crippen LogP contribution in [-0.4, -0.2) is 20.6 Å². The fourth-order valence-electron chi connectivity index (χ4n) is 1.99. The number of nitrogens with zero attached hydrogens (tertiary/aromatic N) is 2. The molecule has 1 aromatic carbocycles. The SMILES string of the molecule is CC(C)Cc1nccn1Cc1ccc(C(=O)O)cc1. The third-order valence-electron chi connectivity index (χ3n) is 2.95. The molecule has 4 heteroatoms. The van der Waals surface area contributed by atoms with E-state index < -0.39 is 5.97 Å². The Hall–Kier alpha value is -2.10. The van der Waals surface area contributed by atoms with Crippen molar-refractivity contribution in [1.82, 2.24) is 9.55 Å². The Morgan fingerprint density at radius 1 is 1.32 bits per heavy atom. The van der Waals surface area contributed by atoms with Gasteiger partial charge in [0.15, 0.2) is 0 Å². The predicted molar refractivity (Wildman–Crippen MR) is 73.3 cm³/mol. The Morgan fingerprint density at radius 3 is 2.58 bits per heavy atom. The summed E-state index contributed by atoms with van der Waals surface area (Å²) in [5, 5.41) is 8.86. The number of aromatic nitrogens is 2. The maximum absolute atomic E-state index is 10.8. The Labute approximate surface area is 112 Å². The molecule has 2 rings (SSSR count). The van der Waals surface area contributed by atoms with Crippen LogP contribution in [0, 0.1) is 5.92 Å². The lowest BCUT2D eigenvalue weighted by atomic mass is 10.1. The van der Waals surface area contributed by atoms with Crippen LogP contribution >= 0.6 is 0 Å². The van der Waals surface area contributed by atoms with Crippen LogP contribution in [0.2, 0.25) is 0 Å². The fourth-order valence-corrected chi connectivity index (χ4v) is 1.99. The highest BCUT2D eigenvalue weighted by Crippen LogP contribution is 2.11. The molecule has 2 aromatic rings. The zero-order chi connectivity index (χ0) is 13.8. The molecule has 0 unspecified atom stereocenters. The first-order chi connectivity index (χ1) is 9.06. The second kappa shape index (κ2) is 5.69. The van der Waals surface area contributed by atoms with Crippen LogP contribution in [0.1, 0.15) is 35.6 Å². The average molecular weight is 258 g/mol. The molecule has 0 fully saturated rings. The van der Waals surface area contributed by atoms with Crippen LogP contribution in [0.4, 0.5) is 0 Å². The van der Waals surface area contributed by atoms with Crippen molar-refractivity contribution in [2.75, 3.05) is 0 Å². The van der Waals surface area contributed by atoms with Crippen molar-refractivity contribution < 1.29 is 9.90 Å². The first-order valence-electron chi connectivity index (χ1n) is 6.38. The maximum atomic E-state index is 10.8. The molecule has 0 amide bonds. The smallest absolute Gasteiger partial charge is 0.335 e. The van der Waals surface area contributed by atoms with Crippen molar-refractivity contribution in [2.24, 2.45) is 5.92 Å². The molecule has 19 heavy (non-hydrogen) atoms. The number of carboxylic acids is 1. The predicted octanol–water partition coefficient (Wildman–Crippen LogP) is 2.83. The van der Waals surface area contributed by atoms with Crippen LogP contribution in [-0.2, 0) is 13.0 Å². The molecule has 0 saturated carbocycles. The lowest BCUT2D eigenvalue weighted by molar-refractivity contribution is 0.0697. The molecule has 1 N–H and O–H groups in total. The summed E-state index contributed by atoms with van der Waals surface area (Å²) in [4.78, 5) is 15.2. The summed E-state index contributed by atoms with van der Waals surface area (Å²) in [6.07, 6.45) is 4.71. The molecule has 0 radical (unpaired) electrons. The number of hydrogen-bond donors (Lipinski definition) is 1. The van der Waals surface area contributed by atoms with Gasteiger partial charge in [0.1, 0.15) is 5.82 Å². The van der Waals surface area contributed by atoms with Gasteiger partial charge in [-0.2, -0.15) is 0 Å². The lowest BCUT2D eigenvalue weighted by Crippen LogP contribution is -2.07. The van der Waals surface area contributed by atoms with Crippen LogP contribution in [0.15, 0.2) is 36.7 Å². The van der Waals surface area contributed by atoms with Crippen LogP contribution in [0.5, 0.6) is 0 Å². The average Bonchev–Trinajstić information content (AvgIpc) is 2.76. The van der Waals surface area contributed by atoms with E-state index >= 15 is 0 Å². The monoisotopic (exact) mass is 258 g/mol. The minimum Gasteiger partial charge on any atom is -0.478 e. The molecule has 0 aliphatic carbocycles. The Kier molecular flexibility index (Phi) is 4.00. The highest BCUT2D eigenvalue weighted by atomic mass is 16.4. The Bertz CT molecular complexity index is 556. The van der Waals surface area contributed by atoms with Crippen molar-refractivity contribution in [3.05, 3.63) is 53.6 Å². The highest BCUT2D eigenvalue weighted by molar-refractivity contribution is 5.87. The van der Waals surface area contributed by atoms with Gasteiger partial charge in [0.2, 0.25) is 0 Å². The van der Waals surface area contributed by atoms with Crippen LogP contribution in [0.3, 0.4) is 0 Å². The summed E-state index contributed by atoms with van der Waals surface area (Å²) < 4.78 is 2.11. The van der Waals surface area contributed by atoms with E-state index in [1.54, 1.807) is 12.1 Å². The van der Waals surface area contributed by atoms with Gasteiger partial charge in [0, 0.05) is 25.4 Å². The molecule has 0 bridgehead atoms. The number of hydrogen-bond acceptors (Lipinski definition) is 2. The van der Waals surface area contributed by atoms with Gasteiger partial charge < -0.3 is 9.67 Å². The summed E-state index contributed by atoms with van der Waals surface area (Å²) in [6, 6.07) is 6.97. The molecule has 0 atom stereocenters. The zero-order valence-corrected chi connectivity index (χ0v) is 11.2. The molecule has 0 aliphatic heterocycles. The van der Waals surface area contributed by atoms with E-state index in [4.69, 9.17) is 5.11 Å². The minimum absolute atomic E-state index is 0.316. The number of aromatic carboxylic acids is 1. The van der Waals surface area contributed by atoms with E-state index in [1.165, 1.54) is 0 Å². The first-order valence-corrected chi connectivity index (χ1v) is 6.38. The molecule has 100 valence electrons. The molecule has 0 aliphatic rings. The Morgan fingerprint density at radius 2 is 2.00 bits per heavy atom. The van der Waals surface area contributed by atoms with E-state index in [1.807, 2.05) is 24.5 Å². The van der Waals surface area contributed by atoms with Gasteiger partial charge in [-0.25, -0.2) is 9.78 Å². The van der Waals surface area contributed by atoms with Gasteiger partial charge in [-0.3, -0.25) is 0 Å². The van der Waals surface area contributed by atoms with E-state index in [0.717, 1.165) is 24.4 Å². The van der Waals surface area contributed by atoms with Crippen LogP contribution < -0.4 is 0 Å².